The smallest absolute Gasteiger partial charge is 0.356 e. The van der Waals surface area contributed by atoms with E-state index in [0.717, 1.165) is 6.26 Å². The number of hydrogen-bond donors (Lipinski definition) is 1. The van der Waals surface area contributed by atoms with Crippen molar-refractivity contribution in [1.29, 1.82) is 0 Å². The van der Waals surface area contributed by atoms with Gasteiger partial charge >= 0.3 is 11.9 Å². The van der Waals surface area contributed by atoms with Gasteiger partial charge in [0.2, 0.25) is 0 Å². The molecule has 1 aromatic heterocycles. The molecule has 1 atom stereocenters. The van der Waals surface area contributed by atoms with E-state index < -0.39 is 18.2 Å². The number of imidazole rings is 1. The van der Waals surface area contributed by atoms with Crippen molar-refractivity contribution >= 4 is 28.7 Å². The van der Waals surface area contributed by atoms with E-state index >= 15 is 0 Å². The molecule has 2 heterocycles. The molecule has 1 aliphatic rings. The van der Waals surface area contributed by atoms with Gasteiger partial charge in [-0.3, -0.25) is 4.57 Å². The second kappa shape index (κ2) is 5.84. The molecule has 0 amide bonds. The van der Waals surface area contributed by atoms with Crippen LogP contribution in [-0.4, -0.2) is 32.9 Å². The lowest BCUT2D eigenvalue weighted by atomic mass is 10.2. The quantitative estimate of drug-likeness (QED) is 0.527. The highest BCUT2D eigenvalue weighted by molar-refractivity contribution is 6.10. The summed E-state index contributed by atoms with van der Waals surface area (Å²) >= 11 is 0. The van der Waals surface area contributed by atoms with Crippen molar-refractivity contribution in [3.8, 4) is 0 Å². The van der Waals surface area contributed by atoms with Gasteiger partial charge in [-0.1, -0.05) is 12.1 Å². The monoisotopic (exact) mass is 328 g/mol. The second-order valence-corrected chi connectivity index (χ2v) is 5.47. The maximum Gasteiger partial charge on any atom is 0.356 e. The summed E-state index contributed by atoms with van der Waals surface area (Å²) in [5.74, 6) is -1.13. The summed E-state index contributed by atoms with van der Waals surface area (Å²) in [5.41, 5.74) is 2.30. The highest BCUT2D eigenvalue weighted by Gasteiger charge is 2.29. The van der Waals surface area contributed by atoms with Gasteiger partial charge in [-0.2, -0.15) is 0 Å². The van der Waals surface area contributed by atoms with Crippen LogP contribution in [0.4, 0.5) is 0 Å². The number of cyclic esters (lactones) is 1. The van der Waals surface area contributed by atoms with Crippen molar-refractivity contribution in [1.82, 2.24) is 9.55 Å². The van der Waals surface area contributed by atoms with Crippen molar-refractivity contribution in [2.45, 2.75) is 27.1 Å². The van der Waals surface area contributed by atoms with Crippen LogP contribution in [0.2, 0.25) is 0 Å². The van der Waals surface area contributed by atoms with Crippen LogP contribution in [0.3, 0.4) is 0 Å². The fourth-order valence-corrected chi connectivity index (χ4v) is 2.52. The molecule has 1 N–H and O–H groups in total. The van der Waals surface area contributed by atoms with E-state index in [4.69, 9.17) is 9.47 Å². The van der Waals surface area contributed by atoms with Gasteiger partial charge in [0.25, 0.3) is 6.29 Å². The Bertz CT molecular complexity index is 907. The van der Waals surface area contributed by atoms with Gasteiger partial charge in [0.15, 0.2) is 5.70 Å². The lowest BCUT2D eigenvalue weighted by Gasteiger charge is -2.13. The molecule has 0 radical (unpaired) electrons. The highest BCUT2D eigenvalue weighted by atomic mass is 16.7. The van der Waals surface area contributed by atoms with E-state index in [0.29, 0.717) is 28.0 Å². The van der Waals surface area contributed by atoms with Gasteiger partial charge in [-0.15, -0.1) is 0 Å². The molecular formula is C17H16N2O5. The van der Waals surface area contributed by atoms with Gasteiger partial charge < -0.3 is 14.6 Å². The van der Waals surface area contributed by atoms with Crippen LogP contribution in [-0.2, 0) is 19.1 Å². The van der Waals surface area contributed by atoms with Gasteiger partial charge in [0, 0.05) is 11.1 Å². The van der Waals surface area contributed by atoms with Crippen LogP contribution in [0.15, 0.2) is 41.7 Å². The standard InChI is InChI=1S/C17H16N2O5/c1-9-10(2)17(24-16(9)22)23-8-14(15(20)21)19-11(3)18-12-6-4-5-7-13(12)19/h4-8,17H,1-3H3,(H,20,21)/b14-8-. The molecule has 0 saturated carbocycles. The van der Waals surface area contributed by atoms with E-state index in [9.17, 15) is 14.7 Å². The zero-order valence-corrected chi connectivity index (χ0v) is 13.4. The van der Waals surface area contributed by atoms with E-state index in [-0.39, 0.29) is 5.70 Å². The average Bonchev–Trinajstić information content (AvgIpc) is 2.99. The zero-order chi connectivity index (χ0) is 17.4. The zero-order valence-electron chi connectivity index (χ0n) is 13.4. The lowest BCUT2D eigenvalue weighted by molar-refractivity contribution is -0.152. The number of ether oxygens (including phenoxy) is 2. The van der Waals surface area contributed by atoms with Gasteiger partial charge in [0.1, 0.15) is 12.1 Å². The molecule has 1 aliphatic heterocycles. The van der Waals surface area contributed by atoms with Crippen LogP contribution >= 0.6 is 0 Å². The Morgan fingerprint density at radius 1 is 1.33 bits per heavy atom. The maximum absolute atomic E-state index is 11.7. The molecule has 0 fully saturated rings. The number of carbonyl (C=O) groups excluding carboxylic acids is 1. The first-order valence-electron chi connectivity index (χ1n) is 7.32. The third-order valence-corrected chi connectivity index (χ3v) is 3.96. The highest BCUT2D eigenvalue weighted by Crippen LogP contribution is 2.25. The van der Waals surface area contributed by atoms with Gasteiger partial charge in [0.05, 0.1) is 11.0 Å². The number of aryl methyl sites for hydroxylation is 1. The van der Waals surface area contributed by atoms with E-state index in [1.54, 1.807) is 39.0 Å². The summed E-state index contributed by atoms with van der Waals surface area (Å²) in [6, 6.07) is 7.20. The summed E-state index contributed by atoms with van der Waals surface area (Å²) in [4.78, 5) is 27.6. The number of hydrogen-bond acceptors (Lipinski definition) is 5. The van der Waals surface area contributed by atoms with Crippen molar-refractivity contribution in [3.05, 3.63) is 47.5 Å². The minimum Gasteiger partial charge on any atom is -0.476 e. The Balaban J connectivity index is 2.00. The molecule has 124 valence electrons. The molecular weight excluding hydrogens is 312 g/mol. The molecule has 0 aliphatic carbocycles. The predicted octanol–water partition coefficient (Wildman–Crippen LogP) is 2.46. The number of aliphatic carboxylic acids is 1. The Morgan fingerprint density at radius 2 is 2.04 bits per heavy atom. The van der Waals surface area contributed by atoms with E-state index in [1.165, 1.54) is 4.57 Å². The Hall–Kier alpha value is -3.09. The second-order valence-electron chi connectivity index (χ2n) is 5.47. The van der Waals surface area contributed by atoms with Crippen molar-refractivity contribution in [2.24, 2.45) is 0 Å². The van der Waals surface area contributed by atoms with Gasteiger partial charge in [-0.25, -0.2) is 14.6 Å². The molecule has 7 heteroatoms. The Labute approximate surface area is 137 Å². The topological polar surface area (TPSA) is 90.7 Å². The number of fused-ring (bicyclic) bond motifs is 1. The molecule has 0 bridgehead atoms. The fraction of sp³-hybridized carbons (Fsp3) is 0.235. The largest absolute Gasteiger partial charge is 0.476 e. The van der Waals surface area contributed by atoms with Crippen LogP contribution in [0, 0.1) is 6.92 Å². The number of para-hydroxylation sites is 2. The van der Waals surface area contributed by atoms with Crippen molar-refractivity contribution in [2.75, 3.05) is 0 Å². The van der Waals surface area contributed by atoms with Crippen LogP contribution in [0.1, 0.15) is 19.7 Å². The number of carboxylic acids is 1. The summed E-state index contributed by atoms with van der Waals surface area (Å²) in [6.45, 7) is 5.05. The molecule has 3 rings (SSSR count). The SMILES string of the molecule is CC1=C(C)C(O/C=C(/C(=O)O)n2c(C)nc3ccccc32)OC1=O. The molecule has 0 saturated heterocycles. The van der Waals surface area contributed by atoms with Crippen molar-refractivity contribution in [3.63, 3.8) is 0 Å². The lowest BCUT2D eigenvalue weighted by Crippen LogP contribution is -2.15. The third-order valence-electron chi connectivity index (χ3n) is 3.96. The van der Waals surface area contributed by atoms with Crippen molar-refractivity contribution < 1.29 is 24.2 Å². The van der Waals surface area contributed by atoms with Crippen LogP contribution in [0.25, 0.3) is 16.7 Å². The molecule has 1 aromatic carbocycles. The van der Waals surface area contributed by atoms with Gasteiger partial charge in [-0.05, 0) is 32.9 Å². The number of aromatic nitrogens is 2. The molecule has 7 nitrogen and oxygen atoms in total. The number of esters is 1. The average molecular weight is 328 g/mol. The first-order chi connectivity index (χ1) is 11.4. The van der Waals surface area contributed by atoms with Crippen LogP contribution in [0.5, 0.6) is 0 Å². The molecule has 2 aromatic rings. The molecule has 1 unspecified atom stereocenters. The number of rotatable bonds is 4. The first kappa shape index (κ1) is 15.8. The summed E-state index contributed by atoms with van der Waals surface area (Å²) < 4.78 is 12.0. The maximum atomic E-state index is 11.7. The molecule has 24 heavy (non-hydrogen) atoms. The van der Waals surface area contributed by atoms with E-state index in [2.05, 4.69) is 4.98 Å². The Kier molecular flexibility index (Phi) is 3.84. The summed E-state index contributed by atoms with van der Waals surface area (Å²) in [6.07, 6.45) is 0.172. The predicted molar refractivity (Wildman–Crippen MR) is 85.7 cm³/mol. The number of carboxylic acid groups (broad SMARTS) is 1. The first-order valence-corrected chi connectivity index (χ1v) is 7.32. The minimum atomic E-state index is -1.18. The van der Waals surface area contributed by atoms with E-state index in [1.807, 2.05) is 6.07 Å². The normalized spacial score (nSPS) is 18.2. The molecule has 0 spiro atoms. The van der Waals surface area contributed by atoms with Crippen LogP contribution < -0.4 is 0 Å². The third kappa shape index (κ3) is 2.54. The number of carbonyl (C=O) groups is 2. The fourth-order valence-electron chi connectivity index (χ4n) is 2.52. The summed E-state index contributed by atoms with van der Waals surface area (Å²) in [7, 11) is 0. The Morgan fingerprint density at radius 3 is 2.67 bits per heavy atom. The number of nitrogens with zero attached hydrogens (tertiary/aromatic N) is 2. The minimum absolute atomic E-state index is 0.116. The number of benzene rings is 1. The summed E-state index contributed by atoms with van der Waals surface area (Å²) in [5, 5.41) is 9.56.